The molecule has 0 N–H and O–H groups in total. The standard InChI is InChI=1S/C15H17N5O3S/c1-4-22-13-11(9-23-12-8-6-5-7-10(12)2)14(24-16-13)20-15(21)19(3)17-18-20/h5-8H,4,9H2,1-3H3/i5T. The van der Waals surface area contributed by atoms with E-state index in [0.717, 1.165) is 21.8 Å². The van der Waals surface area contributed by atoms with Gasteiger partial charge in [0, 0.05) is 7.05 Å². The quantitative estimate of drug-likeness (QED) is 0.674. The van der Waals surface area contributed by atoms with E-state index in [1.165, 1.54) is 11.7 Å². The van der Waals surface area contributed by atoms with Crippen molar-refractivity contribution in [2.75, 3.05) is 6.61 Å². The second-order valence-corrected chi connectivity index (χ2v) is 5.73. The Hall–Kier alpha value is -2.68. The summed E-state index contributed by atoms with van der Waals surface area (Å²) in [6.07, 6.45) is 0. The normalized spacial score (nSPS) is 11.4. The molecule has 0 unspecified atom stereocenters. The molecule has 0 radical (unpaired) electrons. The topological polar surface area (TPSA) is 84.1 Å². The van der Waals surface area contributed by atoms with Crippen LogP contribution in [0.4, 0.5) is 0 Å². The zero-order valence-corrected chi connectivity index (χ0v) is 14.3. The lowest BCUT2D eigenvalue weighted by molar-refractivity contribution is 0.281. The number of hydrogen-bond acceptors (Lipinski definition) is 7. The summed E-state index contributed by atoms with van der Waals surface area (Å²) in [4.78, 5) is 12.1. The van der Waals surface area contributed by atoms with Gasteiger partial charge in [0.15, 0.2) is 5.00 Å². The summed E-state index contributed by atoms with van der Waals surface area (Å²) in [6, 6.07) is 5.54. The summed E-state index contributed by atoms with van der Waals surface area (Å²) in [5, 5.41) is 8.09. The molecule has 0 aliphatic carbocycles. The van der Waals surface area contributed by atoms with Gasteiger partial charge in [-0.1, -0.05) is 18.2 Å². The van der Waals surface area contributed by atoms with Gasteiger partial charge in [0.05, 0.1) is 13.5 Å². The summed E-state index contributed by atoms with van der Waals surface area (Å²) in [7, 11) is 1.53. The van der Waals surface area contributed by atoms with Crippen molar-refractivity contribution in [1.29, 1.82) is 0 Å². The number of para-hydroxylation sites is 1. The smallest absolute Gasteiger partial charge is 0.369 e. The maximum Gasteiger partial charge on any atom is 0.369 e. The molecule has 126 valence electrons. The monoisotopic (exact) mass is 349 g/mol. The number of tetrazole rings is 1. The molecule has 0 fully saturated rings. The van der Waals surface area contributed by atoms with Gasteiger partial charge in [-0.2, -0.15) is 9.06 Å². The molecule has 24 heavy (non-hydrogen) atoms. The largest absolute Gasteiger partial charge is 0.488 e. The number of benzene rings is 1. The van der Waals surface area contributed by atoms with Crippen LogP contribution in [0, 0.1) is 6.92 Å². The Labute approximate surface area is 143 Å². The number of aryl methyl sites for hydroxylation is 2. The minimum absolute atomic E-state index is 0.155. The van der Waals surface area contributed by atoms with Crippen LogP contribution < -0.4 is 15.2 Å². The van der Waals surface area contributed by atoms with Gasteiger partial charge in [-0.3, -0.25) is 0 Å². The lowest BCUT2D eigenvalue weighted by Gasteiger charge is -2.10. The van der Waals surface area contributed by atoms with Crippen LogP contribution in [0.15, 0.2) is 29.0 Å². The van der Waals surface area contributed by atoms with Crippen LogP contribution in [0.3, 0.4) is 0 Å². The first-order valence-corrected chi connectivity index (χ1v) is 8.09. The van der Waals surface area contributed by atoms with Crippen LogP contribution in [0.2, 0.25) is 0 Å². The number of ether oxygens (including phenoxy) is 2. The average Bonchev–Trinajstić information content (AvgIpc) is 3.11. The predicted molar refractivity (Wildman–Crippen MR) is 89.0 cm³/mol. The molecular weight excluding hydrogens is 330 g/mol. The van der Waals surface area contributed by atoms with Gasteiger partial charge in [0.2, 0.25) is 5.88 Å². The molecule has 0 aliphatic heterocycles. The highest BCUT2D eigenvalue weighted by atomic mass is 32.1. The van der Waals surface area contributed by atoms with E-state index >= 15 is 0 Å². The number of aromatic nitrogens is 5. The van der Waals surface area contributed by atoms with E-state index in [2.05, 4.69) is 14.8 Å². The Morgan fingerprint density at radius 1 is 1.33 bits per heavy atom. The summed E-state index contributed by atoms with van der Waals surface area (Å²) in [6.45, 7) is 4.33. The third-order valence-corrected chi connectivity index (χ3v) is 4.17. The first kappa shape index (κ1) is 14.9. The van der Waals surface area contributed by atoms with Crippen LogP contribution in [-0.4, -0.2) is 30.8 Å². The molecule has 0 atom stereocenters. The second-order valence-electron chi connectivity index (χ2n) is 4.98. The average molecular weight is 349 g/mol. The van der Waals surface area contributed by atoms with Crippen LogP contribution in [-0.2, 0) is 13.7 Å². The molecule has 0 bridgehead atoms. The van der Waals surface area contributed by atoms with Crippen LogP contribution >= 0.6 is 11.5 Å². The molecule has 0 aliphatic rings. The Bertz CT molecular complexity index is 949. The first-order valence-electron chi connectivity index (χ1n) is 7.82. The van der Waals surface area contributed by atoms with Gasteiger partial charge in [-0.15, -0.1) is 4.68 Å². The molecule has 0 spiro atoms. The second kappa shape index (κ2) is 6.83. The van der Waals surface area contributed by atoms with E-state index in [-0.39, 0.29) is 12.3 Å². The summed E-state index contributed by atoms with van der Waals surface area (Å²) in [5.74, 6) is 1.07. The van der Waals surface area contributed by atoms with Gasteiger partial charge in [0.25, 0.3) is 0 Å². The lowest BCUT2D eigenvalue weighted by Crippen LogP contribution is -2.22. The van der Waals surface area contributed by atoms with Gasteiger partial charge in [-0.05, 0) is 47.4 Å². The SMILES string of the molecule is [3H]c1ccc(OCc2c(OCC)nsc2-n2nnn(C)c2=O)c(C)c1. The molecule has 8 nitrogen and oxygen atoms in total. The van der Waals surface area contributed by atoms with Crippen molar-refractivity contribution in [3.8, 4) is 16.6 Å². The van der Waals surface area contributed by atoms with Gasteiger partial charge < -0.3 is 9.47 Å². The van der Waals surface area contributed by atoms with E-state index in [1.807, 2.05) is 13.8 Å². The number of hydrogen-bond donors (Lipinski definition) is 0. The Morgan fingerprint density at radius 2 is 2.17 bits per heavy atom. The van der Waals surface area contributed by atoms with Crippen molar-refractivity contribution in [3.05, 3.63) is 45.9 Å². The minimum atomic E-state index is -0.373. The van der Waals surface area contributed by atoms with Crippen molar-refractivity contribution in [2.45, 2.75) is 20.5 Å². The van der Waals surface area contributed by atoms with Crippen molar-refractivity contribution in [2.24, 2.45) is 7.05 Å². The maximum absolute atomic E-state index is 12.1. The molecule has 0 amide bonds. The lowest BCUT2D eigenvalue weighted by atomic mass is 10.2. The molecule has 3 aromatic rings. The molecule has 2 aromatic heterocycles. The maximum atomic E-state index is 12.1. The summed E-state index contributed by atoms with van der Waals surface area (Å²) < 4.78 is 25.6. The van der Waals surface area contributed by atoms with E-state index in [0.29, 0.717) is 34.8 Å². The van der Waals surface area contributed by atoms with E-state index in [9.17, 15) is 4.79 Å². The minimum Gasteiger partial charge on any atom is -0.488 e. The van der Waals surface area contributed by atoms with Crippen molar-refractivity contribution < 1.29 is 10.8 Å². The van der Waals surface area contributed by atoms with Crippen LogP contribution in [0.5, 0.6) is 11.6 Å². The zero-order chi connectivity index (χ0) is 18.0. The van der Waals surface area contributed by atoms with Crippen LogP contribution in [0.25, 0.3) is 5.00 Å². The number of rotatable bonds is 6. The molecule has 2 heterocycles. The fourth-order valence-electron chi connectivity index (χ4n) is 2.08. The van der Waals surface area contributed by atoms with Crippen LogP contribution in [0.1, 0.15) is 19.4 Å². The highest BCUT2D eigenvalue weighted by Crippen LogP contribution is 2.29. The van der Waals surface area contributed by atoms with E-state index in [1.54, 1.807) is 18.2 Å². The fourth-order valence-corrected chi connectivity index (χ4v) is 2.86. The molecule has 0 saturated carbocycles. The molecule has 1 aromatic carbocycles. The highest BCUT2D eigenvalue weighted by Gasteiger charge is 2.21. The third-order valence-electron chi connectivity index (χ3n) is 3.32. The Balaban J connectivity index is 1.94. The van der Waals surface area contributed by atoms with Crippen molar-refractivity contribution in [3.63, 3.8) is 0 Å². The number of nitrogens with zero attached hydrogens (tertiary/aromatic N) is 5. The van der Waals surface area contributed by atoms with E-state index in [4.69, 9.17) is 10.8 Å². The summed E-state index contributed by atoms with van der Waals surface area (Å²) in [5.41, 5.74) is 1.11. The molecule has 0 saturated heterocycles. The Kier molecular flexibility index (Phi) is 4.24. The highest BCUT2D eigenvalue weighted by molar-refractivity contribution is 7.08. The third kappa shape index (κ3) is 3.02. The predicted octanol–water partition coefficient (Wildman–Crippen LogP) is 1.71. The van der Waals surface area contributed by atoms with Gasteiger partial charge in [0.1, 0.15) is 12.4 Å². The van der Waals surface area contributed by atoms with E-state index < -0.39 is 0 Å². The fraction of sp³-hybridized carbons (Fsp3) is 0.333. The van der Waals surface area contributed by atoms with Gasteiger partial charge in [-0.25, -0.2) is 4.79 Å². The Morgan fingerprint density at radius 3 is 2.83 bits per heavy atom. The zero-order valence-electron chi connectivity index (χ0n) is 14.5. The molecule has 9 heteroatoms. The molecule has 3 rings (SSSR count). The van der Waals surface area contributed by atoms with Gasteiger partial charge >= 0.3 is 5.69 Å². The van der Waals surface area contributed by atoms with Crippen molar-refractivity contribution in [1.82, 2.24) is 24.2 Å². The summed E-state index contributed by atoms with van der Waals surface area (Å²) >= 11 is 1.10. The van der Waals surface area contributed by atoms with Crippen molar-refractivity contribution >= 4 is 11.5 Å². The first-order chi connectivity index (χ1) is 12.0. The molecular formula is C15H17N5O3S.